The number of carbonyl (C=O) groups excluding carboxylic acids is 1. The zero-order valence-corrected chi connectivity index (χ0v) is 16.2. The van der Waals surface area contributed by atoms with Gasteiger partial charge in [-0.1, -0.05) is 32.9 Å². The van der Waals surface area contributed by atoms with Crippen molar-refractivity contribution in [3.8, 4) is 5.75 Å². The maximum Gasteiger partial charge on any atom is 0.305 e. The van der Waals surface area contributed by atoms with Crippen molar-refractivity contribution in [2.24, 2.45) is 0 Å². The van der Waals surface area contributed by atoms with Crippen LogP contribution in [-0.4, -0.2) is 53.8 Å². The maximum atomic E-state index is 12.8. The van der Waals surface area contributed by atoms with Gasteiger partial charge in [-0.05, 0) is 36.5 Å². The van der Waals surface area contributed by atoms with Crippen molar-refractivity contribution in [2.45, 2.75) is 64.2 Å². The molecule has 0 spiro atoms. The fraction of sp³-hybridized carbons (Fsp3) is 0.600. The Bertz CT molecular complexity index is 652. The van der Waals surface area contributed by atoms with Gasteiger partial charge in [-0.25, -0.2) is 0 Å². The summed E-state index contributed by atoms with van der Waals surface area (Å²) in [6.07, 6.45) is -0.393. The highest BCUT2D eigenvalue weighted by atomic mass is 16.5. The zero-order chi connectivity index (χ0) is 19.5. The van der Waals surface area contributed by atoms with Gasteiger partial charge in [-0.3, -0.25) is 9.59 Å². The highest BCUT2D eigenvalue weighted by Gasteiger charge is 2.38. The predicted octanol–water partition coefficient (Wildman–Crippen LogP) is 2.84. The van der Waals surface area contributed by atoms with Crippen LogP contribution in [0.1, 0.15) is 46.1 Å². The Hall–Kier alpha value is -2.08. The Balaban J connectivity index is 2.09. The Morgan fingerprint density at radius 1 is 1.35 bits per heavy atom. The lowest BCUT2D eigenvalue weighted by atomic mass is 9.87. The van der Waals surface area contributed by atoms with Crippen LogP contribution in [0, 0.1) is 0 Å². The summed E-state index contributed by atoms with van der Waals surface area (Å²) in [6, 6.07) is 7.36. The summed E-state index contributed by atoms with van der Waals surface area (Å²) in [5.41, 5.74) is 1.11. The van der Waals surface area contributed by atoms with Gasteiger partial charge in [-0.15, -0.1) is 0 Å². The zero-order valence-electron chi connectivity index (χ0n) is 16.2. The SMILES string of the molecule is COC1CC(CC(=O)O)N(C(=O)C(C)Oc2cccc(C(C)(C)C)c2)C1. The van der Waals surface area contributed by atoms with Gasteiger partial charge in [0.2, 0.25) is 0 Å². The van der Waals surface area contributed by atoms with E-state index in [4.69, 9.17) is 14.6 Å². The van der Waals surface area contributed by atoms with Gasteiger partial charge in [0.1, 0.15) is 5.75 Å². The van der Waals surface area contributed by atoms with Crippen molar-refractivity contribution < 1.29 is 24.2 Å². The molecule has 1 aromatic carbocycles. The summed E-state index contributed by atoms with van der Waals surface area (Å²) >= 11 is 0. The normalized spacial score (nSPS) is 21.5. The molecule has 1 aliphatic heterocycles. The molecule has 2 rings (SSSR count). The molecule has 1 saturated heterocycles. The van der Waals surface area contributed by atoms with E-state index in [0.29, 0.717) is 18.7 Å². The summed E-state index contributed by atoms with van der Waals surface area (Å²) < 4.78 is 11.2. The third kappa shape index (κ3) is 4.97. The third-order valence-electron chi connectivity index (χ3n) is 4.76. The second kappa shape index (κ2) is 8.08. The summed E-state index contributed by atoms with van der Waals surface area (Å²) in [7, 11) is 1.58. The number of aliphatic carboxylic acids is 1. The molecule has 3 unspecified atom stereocenters. The topological polar surface area (TPSA) is 76.1 Å². The quantitative estimate of drug-likeness (QED) is 0.841. The molecule has 0 saturated carbocycles. The number of carboxylic acid groups (broad SMARTS) is 1. The number of likely N-dealkylation sites (tertiary alicyclic amines) is 1. The molecular weight excluding hydrogens is 334 g/mol. The van der Waals surface area contributed by atoms with Gasteiger partial charge < -0.3 is 19.5 Å². The van der Waals surface area contributed by atoms with Gasteiger partial charge in [0, 0.05) is 19.7 Å². The fourth-order valence-electron chi connectivity index (χ4n) is 3.23. The molecule has 6 heteroatoms. The average molecular weight is 363 g/mol. The molecule has 26 heavy (non-hydrogen) atoms. The van der Waals surface area contributed by atoms with Gasteiger partial charge in [0.15, 0.2) is 6.10 Å². The molecule has 1 heterocycles. The number of rotatable bonds is 6. The van der Waals surface area contributed by atoms with E-state index < -0.39 is 12.1 Å². The molecule has 1 N–H and O–H groups in total. The Morgan fingerprint density at radius 3 is 2.62 bits per heavy atom. The second-order valence-electron chi connectivity index (χ2n) is 7.87. The number of hydrogen-bond acceptors (Lipinski definition) is 4. The first-order valence-corrected chi connectivity index (χ1v) is 8.94. The minimum atomic E-state index is -0.920. The number of amides is 1. The molecule has 1 amide bonds. The number of methoxy groups -OCH3 is 1. The molecule has 0 aliphatic carbocycles. The molecular formula is C20H29NO5. The molecule has 1 aliphatic rings. The van der Waals surface area contributed by atoms with Crippen molar-refractivity contribution in [3.05, 3.63) is 29.8 Å². The van der Waals surface area contributed by atoms with Crippen LogP contribution >= 0.6 is 0 Å². The van der Waals surface area contributed by atoms with Crippen LogP contribution in [0.2, 0.25) is 0 Å². The molecule has 144 valence electrons. The van der Waals surface area contributed by atoms with Crippen LogP contribution in [0.3, 0.4) is 0 Å². The van der Waals surface area contributed by atoms with E-state index in [-0.39, 0.29) is 29.9 Å². The number of benzene rings is 1. The first-order valence-electron chi connectivity index (χ1n) is 8.94. The summed E-state index contributed by atoms with van der Waals surface area (Å²) in [4.78, 5) is 25.5. The van der Waals surface area contributed by atoms with Gasteiger partial charge in [0.25, 0.3) is 5.91 Å². The van der Waals surface area contributed by atoms with Gasteiger partial charge >= 0.3 is 5.97 Å². The van der Waals surface area contributed by atoms with Gasteiger partial charge in [0.05, 0.1) is 12.5 Å². The van der Waals surface area contributed by atoms with Gasteiger partial charge in [-0.2, -0.15) is 0 Å². The average Bonchev–Trinajstić information content (AvgIpc) is 2.95. The molecule has 6 nitrogen and oxygen atoms in total. The van der Waals surface area contributed by atoms with Crippen molar-refractivity contribution in [1.82, 2.24) is 4.90 Å². The molecule has 0 radical (unpaired) electrons. The highest BCUT2D eigenvalue weighted by molar-refractivity contribution is 5.82. The van der Waals surface area contributed by atoms with Crippen LogP contribution in [0.15, 0.2) is 24.3 Å². The maximum absolute atomic E-state index is 12.8. The van der Waals surface area contributed by atoms with E-state index in [0.717, 1.165) is 5.56 Å². The number of hydrogen-bond donors (Lipinski definition) is 1. The van der Waals surface area contributed by atoms with E-state index in [1.807, 2.05) is 24.3 Å². The minimum absolute atomic E-state index is 0.0140. The largest absolute Gasteiger partial charge is 0.481 e. The van der Waals surface area contributed by atoms with Crippen LogP contribution < -0.4 is 4.74 Å². The Kier molecular flexibility index (Phi) is 6.29. The van der Waals surface area contributed by atoms with E-state index in [9.17, 15) is 9.59 Å². The van der Waals surface area contributed by atoms with E-state index in [1.54, 1.807) is 18.9 Å². The standard InChI is InChI=1S/C20H29NO5/c1-13(26-16-8-6-7-14(9-16)20(2,3)4)19(24)21-12-17(25-5)10-15(21)11-18(22)23/h6-9,13,15,17H,10-12H2,1-5H3,(H,22,23). The fourth-order valence-corrected chi connectivity index (χ4v) is 3.23. The number of carbonyl (C=O) groups is 2. The minimum Gasteiger partial charge on any atom is -0.481 e. The van der Waals surface area contributed by atoms with Crippen molar-refractivity contribution in [2.75, 3.05) is 13.7 Å². The lowest BCUT2D eigenvalue weighted by Crippen LogP contribution is -2.44. The smallest absolute Gasteiger partial charge is 0.305 e. The summed E-state index contributed by atoms with van der Waals surface area (Å²) in [6.45, 7) is 8.44. The molecule has 0 aromatic heterocycles. The predicted molar refractivity (Wildman–Crippen MR) is 98.4 cm³/mol. The van der Waals surface area contributed by atoms with Crippen molar-refractivity contribution >= 4 is 11.9 Å². The molecule has 0 bridgehead atoms. The highest BCUT2D eigenvalue weighted by Crippen LogP contribution is 2.27. The van der Waals surface area contributed by atoms with Crippen LogP contribution in [-0.2, 0) is 19.7 Å². The summed E-state index contributed by atoms with van der Waals surface area (Å²) in [5, 5.41) is 9.10. The lowest BCUT2D eigenvalue weighted by molar-refractivity contribution is -0.142. The Labute approximate surface area is 155 Å². The van der Waals surface area contributed by atoms with Crippen LogP contribution in [0.25, 0.3) is 0 Å². The third-order valence-corrected chi connectivity index (χ3v) is 4.76. The van der Waals surface area contributed by atoms with E-state index >= 15 is 0 Å². The number of ether oxygens (including phenoxy) is 2. The number of carboxylic acids is 1. The van der Waals surface area contributed by atoms with Crippen molar-refractivity contribution in [1.29, 1.82) is 0 Å². The lowest BCUT2D eigenvalue weighted by Gasteiger charge is -2.27. The number of nitrogens with zero attached hydrogens (tertiary/aromatic N) is 1. The van der Waals surface area contributed by atoms with E-state index in [1.165, 1.54) is 0 Å². The van der Waals surface area contributed by atoms with Crippen molar-refractivity contribution in [3.63, 3.8) is 0 Å². The van der Waals surface area contributed by atoms with Crippen LogP contribution in [0.5, 0.6) is 5.75 Å². The molecule has 3 atom stereocenters. The van der Waals surface area contributed by atoms with Crippen LogP contribution in [0.4, 0.5) is 0 Å². The first kappa shape index (κ1) is 20.2. The van der Waals surface area contributed by atoms with E-state index in [2.05, 4.69) is 20.8 Å². The Morgan fingerprint density at radius 2 is 2.04 bits per heavy atom. The molecule has 1 aromatic rings. The summed E-state index contributed by atoms with van der Waals surface area (Å²) in [5.74, 6) is -0.497. The second-order valence-corrected chi connectivity index (χ2v) is 7.87. The molecule has 1 fully saturated rings. The monoisotopic (exact) mass is 363 g/mol. The first-order chi connectivity index (χ1) is 12.1.